The molecule has 1 heterocycles. The highest BCUT2D eigenvalue weighted by Crippen LogP contribution is 2.32. The molecule has 13 heteroatoms. The molecule has 0 aliphatic heterocycles. The van der Waals surface area contributed by atoms with Crippen LogP contribution in [0.25, 0.3) is 11.3 Å². The van der Waals surface area contributed by atoms with Crippen LogP contribution >= 0.6 is 27.3 Å². The van der Waals surface area contributed by atoms with E-state index in [4.69, 9.17) is 14.5 Å². The van der Waals surface area contributed by atoms with Crippen LogP contribution in [0.15, 0.2) is 106 Å². The number of ether oxygens (including phenoxy) is 2. The molecule has 0 spiro atoms. The van der Waals surface area contributed by atoms with Crippen LogP contribution in [0.2, 0.25) is 0 Å². The molecule has 5 aromatic rings. The first-order chi connectivity index (χ1) is 25.3. The largest absolute Gasteiger partial charge is 0.495 e. The fourth-order valence-corrected chi connectivity index (χ4v) is 8.99. The van der Waals surface area contributed by atoms with Gasteiger partial charge in [0.15, 0.2) is 11.7 Å². The number of rotatable bonds is 17. The van der Waals surface area contributed by atoms with Crippen molar-refractivity contribution in [2.75, 3.05) is 32.1 Å². The molecule has 2 atom stereocenters. The van der Waals surface area contributed by atoms with Gasteiger partial charge in [-0.3, -0.25) is 4.79 Å². The Morgan fingerprint density at radius 1 is 0.962 bits per heavy atom. The van der Waals surface area contributed by atoms with E-state index in [0.29, 0.717) is 22.3 Å². The number of sulfonamides is 1. The van der Waals surface area contributed by atoms with Crippen LogP contribution in [0, 0.1) is 19.8 Å². The minimum Gasteiger partial charge on any atom is -0.495 e. The summed E-state index contributed by atoms with van der Waals surface area (Å²) in [4.78, 5) is 18.0. The molecule has 0 saturated carbocycles. The number of thiazole rings is 1. The molecule has 0 aliphatic rings. The number of aliphatic hydroxyl groups is 1. The molecule has 10 nitrogen and oxygen atoms in total. The van der Waals surface area contributed by atoms with Crippen LogP contribution < -0.4 is 20.1 Å². The van der Waals surface area contributed by atoms with Gasteiger partial charge >= 0.3 is 0 Å². The van der Waals surface area contributed by atoms with Gasteiger partial charge < -0.3 is 25.2 Å². The van der Waals surface area contributed by atoms with Crippen LogP contribution in [0.4, 0.5) is 10.8 Å². The molecule has 0 unspecified atom stereocenters. The number of amides is 1. The van der Waals surface area contributed by atoms with Crippen molar-refractivity contribution in [2.24, 2.45) is 5.92 Å². The number of aryl methyl sites for hydroxylation is 2. The molecule has 0 radical (unpaired) electrons. The number of carbonyl (C=O) groups excluding carboxylic acids is 1. The first-order valence-electron chi connectivity index (χ1n) is 17.2. The second-order valence-electron chi connectivity index (χ2n) is 13.2. The predicted molar refractivity (Wildman–Crippen MR) is 215 cm³/mol. The lowest BCUT2D eigenvalue weighted by atomic mass is 10.0. The van der Waals surface area contributed by atoms with Gasteiger partial charge in [-0.15, -0.1) is 11.3 Å². The highest BCUT2D eigenvalue weighted by atomic mass is 79.9. The summed E-state index contributed by atoms with van der Waals surface area (Å²) < 4.78 is 41.8. The lowest BCUT2D eigenvalue weighted by molar-refractivity contribution is -0.124. The summed E-state index contributed by atoms with van der Waals surface area (Å²) in [6.45, 7) is 7.33. The smallest absolute Gasteiger partial charge is 0.258 e. The summed E-state index contributed by atoms with van der Waals surface area (Å²) in [7, 11) is -2.43. The van der Waals surface area contributed by atoms with E-state index in [1.807, 2.05) is 99.8 Å². The Morgan fingerprint density at radius 3 is 2.28 bits per heavy atom. The average Bonchev–Trinajstić information content (AvgIpc) is 3.59. The fraction of sp³-hybridized carbons (Fsp3) is 0.300. The molecule has 5 rings (SSSR count). The minimum atomic E-state index is -4.04. The van der Waals surface area contributed by atoms with Crippen LogP contribution in [0.1, 0.15) is 30.5 Å². The predicted octanol–water partition coefficient (Wildman–Crippen LogP) is 7.76. The van der Waals surface area contributed by atoms with E-state index in [1.165, 1.54) is 15.6 Å². The standard InChI is InChI=1S/C40H45BrN4O6S2/c1-26(2)22-45(53(48,49)32-17-15-30(16-18-32)35-25-52-40(44-35)43-33-13-9-10-14-37(33)50-5)23-36(46)34(21-29-11-7-6-8-12-29)42-38(47)24-51-39-27(3)19-31(41)20-28(39)4/h6-20,25-26,34,36,46H,21-24H2,1-5H3,(H,42,47)(H,43,44)/t34-,36+/m0/s1. The fourth-order valence-electron chi connectivity index (χ4n) is 5.95. The monoisotopic (exact) mass is 820 g/mol. The zero-order valence-corrected chi connectivity index (χ0v) is 33.6. The maximum absolute atomic E-state index is 14.1. The zero-order chi connectivity index (χ0) is 38.1. The van der Waals surface area contributed by atoms with E-state index < -0.39 is 28.1 Å². The molecule has 0 saturated heterocycles. The normalized spacial score (nSPS) is 12.8. The number of aliphatic hydroxyl groups excluding tert-OH is 1. The highest BCUT2D eigenvalue weighted by molar-refractivity contribution is 9.10. The Labute approximate surface area is 324 Å². The lowest BCUT2D eigenvalue weighted by Crippen LogP contribution is -2.52. The van der Waals surface area contributed by atoms with E-state index >= 15 is 0 Å². The summed E-state index contributed by atoms with van der Waals surface area (Å²) in [5.74, 6) is 0.847. The Kier molecular flexibility index (Phi) is 13.7. The third-order valence-corrected chi connectivity index (χ3v) is 11.5. The van der Waals surface area contributed by atoms with Gasteiger partial charge in [0.1, 0.15) is 11.5 Å². The van der Waals surface area contributed by atoms with Gasteiger partial charge in [-0.1, -0.05) is 84.4 Å². The van der Waals surface area contributed by atoms with Crippen LogP contribution in [0.3, 0.4) is 0 Å². The van der Waals surface area contributed by atoms with Crippen molar-refractivity contribution in [1.29, 1.82) is 0 Å². The Balaban J connectivity index is 1.31. The van der Waals surface area contributed by atoms with E-state index in [-0.39, 0.29) is 36.9 Å². The summed E-state index contributed by atoms with van der Waals surface area (Å²) in [6.07, 6.45) is -0.942. The molecule has 3 N–H and O–H groups in total. The lowest BCUT2D eigenvalue weighted by Gasteiger charge is -2.31. The number of hydrogen-bond acceptors (Lipinski definition) is 9. The van der Waals surface area contributed by atoms with Gasteiger partial charge in [-0.2, -0.15) is 4.31 Å². The molecule has 4 aromatic carbocycles. The van der Waals surface area contributed by atoms with Crippen LogP contribution in [0.5, 0.6) is 11.5 Å². The number of nitrogens with zero attached hydrogens (tertiary/aromatic N) is 2. The number of carbonyl (C=O) groups is 1. The second kappa shape index (κ2) is 18.2. The summed E-state index contributed by atoms with van der Waals surface area (Å²) in [5.41, 5.74) is 4.88. The van der Waals surface area contributed by atoms with Crippen LogP contribution in [-0.2, 0) is 21.2 Å². The molecule has 53 heavy (non-hydrogen) atoms. The van der Waals surface area contributed by atoms with Crippen molar-refractivity contribution in [2.45, 2.75) is 51.2 Å². The van der Waals surface area contributed by atoms with E-state index in [9.17, 15) is 18.3 Å². The SMILES string of the molecule is COc1ccccc1Nc1nc(-c2ccc(S(=O)(=O)N(CC(C)C)C[C@@H](O)[C@H](Cc3ccccc3)NC(=O)COc3c(C)cc(Br)cc3C)cc2)cs1. The number of aromatic nitrogens is 1. The van der Waals surface area contributed by atoms with Crippen molar-refractivity contribution in [3.63, 3.8) is 0 Å². The van der Waals surface area contributed by atoms with E-state index in [1.54, 1.807) is 31.4 Å². The zero-order valence-electron chi connectivity index (χ0n) is 30.4. The van der Waals surface area contributed by atoms with Gasteiger partial charge in [0.25, 0.3) is 5.91 Å². The van der Waals surface area contributed by atoms with Gasteiger partial charge in [0.2, 0.25) is 10.0 Å². The molecule has 0 aliphatic carbocycles. The first kappa shape index (κ1) is 39.9. The van der Waals surface area contributed by atoms with Gasteiger partial charge in [0.05, 0.1) is 35.5 Å². The quantitative estimate of drug-likeness (QED) is 0.0869. The van der Waals surface area contributed by atoms with Crippen molar-refractivity contribution >= 4 is 54.0 Å². The third kappa shape index (κ3) is 10.7. The topological polar surface area (TPSA) is 130 Å². The summed E-state index contributed by atoms with van der Waals surface area (Å²) in [6, 6.07) is 26.6. The number of para-hydroxylation sites is 2. The number of halogens is 1. The summed E-state index contributed by atoms with van der Waals surface area (Å²) in [5, 5.41) is 20.4. The highest BCUT2D eigenvalue weighted by Gasteiger charge is 2.31. The number of nitrogens with one attached hydrogen (secondary N) is 2. The number of methoxy groups -OCH3 is 1. The number of hydrogen-bond donors (Lipinski definition) is 3. The Hall–Kier alpha value is -4.27. The number of benzene rings is 4. The molecular formula is C40H45BrN4O6S2. The Bertz CT molecular complexity index is 2070. The molecule has 280 valence electrons. The van der Waals surface area contributed by atoms with E-state index in [2.05, 4.69) is 26.6 Å². The molecule has 0 fully saturated rings. The minimum absolute atomic E-state index is 0.0339. The van der Waals surface area contributed by atoms with Crippen molar-refractivity contribution in [1.82, 2.24) is 14.6 Å². The second-order valence-corrected chi connectivity index (χ2v) is 16.9. The maximum atomic E-state index is 14.1. The van der Waals surface area contributed by atoms with Crippen LogP contribution in [-0.4, -0.2) is 67.7 Å². The van der Waals surface area contributed by atoms with Crippen molar-refractivity contribution < 1.29 is 27.8 Å². The average molecular weight is 822 g/mol. The number of anilines is 2. The molecular weight excluding hydrogens is 776 g/mol. The molecule has 1 aromatic heterocycles. The van der Waals surface area contributed by atoms with Crippen molar-refractivity contribution in [3.8, 4) is 22.8 Å². The van der Waals surface area contributed by atoms with E-state index in [0.717, 1.165) is 32.4 Å². The van der Waals surface area contributed by atoms with Gasteiger partial charge in [-0.25, -0.2) is 13.4 Å². The molecule has 0 bridgehead atoms. The van der Waals surface area contributed by atoms with Gasteiger partial charge in [-0.05, 0) is 79.3 Å². The van der Waals surface area contributed by atoms with Gasteiger partial charge in [0, 0.05) is 28.5 Å². The Morgan fingerprint density at radius 2 is 1.62 bits per heavy atom. The molecule has 1 amide bonds. The third-order valence-electron chi connectivity index (χ3n) is 8.48. The summed E-state index contributed by atoms with van der Waals surface area (Å²) >= 11 is 4.91. The van der Waals surface area contributed by atoms with Crippen molar-refractivity contribution in [3.05, 3.63) is 118 Å². The maximum Gasteiger partial charge on any atom is 0.258 e. The first-order valence-corrected chi connectivity index (χ1v) is 20.3.